The number of hydrogen-bond acceptors (Lipinski definition) is 4. The van der Waals surface area contributed by atoms with Gasteiger partial charge in [0.05, 0.1) is 16.7 Å². The van der Waals surface area contributed by atoms with Gasteiger partial charge in [-0.05, 0) is 59.2 Å². The minimum absolute atomic E-state index is 0.0248. The van der Waals surface area contributed by atoms with Gasteiger partial charge in [0.15, 0.2) is 5.69 Å². The Balaban J connectivity index is 0.000000319. The zero-order chi connectivity index (χ0) is 27.7. The number of carboxylic acids is 1. The first kappa shape index (κ1) is 27.4. The number of nitrogens with two attached hydrogens (primary N) is 1. The van der Waals surface area contributed by atoms with Gasteiger partial charge in [-0.25, -0.2) is 4.79 Å². The molecule has 2 amide bonds. The zero-order valence-corrected chi connectivity index (χ0v) is 20.7. The van der Waals surface area contributed by atoms with Crippen molar-refractivity contribution in [3.63, 3.8) is 0 Å². The first-order valence-corrected chi connectivity index (χ1v) is 11.3. The molecule has 2 aromatic carbocycles. The minimum Gasteiger partial charge on any atom is -0.478 e. The van der Waals surface area contributed by atoms with E-state index in [1.54, 1.807) is 0 Å². The number of aromatic nitrogens is 2. The van der Waals surface area contributed by atoms with Crippen molar-refractivity contribution in [3.8, 4) is 0 Å². The normalized spacial score (nSPS) is 15.8. The number of amides is 2. The van der Waals surface area contributed by atoms with Gasteiger partial charge in [0.2, 0.25) is 5.91 Å². The van der Waals surface area contributed by atoms with Crippen LogP contribution in [0.5, 0.6) is 0 Å². The molecule has 37 heavy (non-hydrogen) atoms. The van der Waals surface area contributed by atoms with Gasteiger partial charge in [0.1, 0.15) is 0 Å². The molecule has 8 nitrogen and oxygen atoms in total. The molecule has 1 heterocycles. The van der Waals surface area contributed by atoms with Gasteiger partial charge < -0.3 is 16.2 Å². The smallest absolute Gasteiger partial charge is 0.435 e. The predicted octanol–water partition coefficient (Wildman–Crippen LogP) is 4.96. The highest BCUT2D eigenvalue weighted by molar-refractivity contribution is 6.13. The minimum atomic E-state index is -4.32. The molecule has 0 bridgehead atoms. The van der Waals surface area contributed by atoms with Gasteiger partial charge in [-0.2, -0.15) is 18.3 Å². The van der Waals surface area contributed by atoms with Crippen molar-refractivity contribution in [1.29, 1.82) is 0 Å². The Morgan fingerprint density at radius 1 is 1.14 bits per heavy atom. The highest BCUT2D eigenvalue weighted by Gasteiger charge is 2.36. The molecule has 0 fully saturated rings. The largest absolute Gasteiger partial charge is 0.478 e. The lowest BCUT2D eigenvalue weighted by Gasteiger charge is -2.19. The third-order valence-electron chi connectivity index (χ3n) is 6.17. The Hall–Kier alpha value is -4.15. The number of fused-ring (bicyclic) bond motifs is 1. The second-order valence-corrected chi connectivity index (χ2v) is 9.51. The van der Waals surface area contributed by atoms with E-state index in [-0.39, 0.29) is 28.0 Å². The second-order valence-electron chi connectivity index (χ2n) is 9.51. The average Bonchev–Trinajstić information content (AvgIpc) is 3.34. The first-order valence-electron chi connectivity index (χ1n) is 11.3. The number of hydrogen-bond donors (Lipinski definition) is 3. The molecule has 1 aromatic heterocycles. The van der Waals surface area contributed by atoms with E-state index < -0.39 is 29.7 Å². The lowest BCUT2D eigenvalue weighted by Crippen LogP contribution is -2.21. The predicted molar refractivity (Wildman–Crippen MR) is 131 cm³/mol. The molecule has 0 unspecified atom stereocenters. The fraction of sp³-hybridized carbons (Fsp3) is 0.308. The van der Waals surface area contributed by atoms with Crippen LogP contribution in [-0.4, -0.2) is 32.7 Å². The van der Waals surface area contributed by atoms with E-state index >= 15 is 0 Å². The molecule has 1 aliphatic carbocycles. The number of aryl methyl sites for hydroxylation is 1. The van der Waals surface area contributed by atoms with Gasteiger partial charge in [0, 0.05) is 18.9 Å². The van der Waals surface area contributed by atoms with Crippen LogP contribution in [0.15, 0.2) is 48.7 Å². The van der Waals surface area contributed by atoms with Crippen LogP contribution >= 0.6 is 0 Å². The first-order chi connectivity index (χ1) is 17.1. The molecule has 1 atom stereocenters. The van der Waals surface area contributed by atoms with Crippen LogP contribution in [0.1, 0.15) is 81.0 Å². The van der Waals surface area contributed by atoms with E-state index in [9.17, 15) is 27.6 Å². The van der Waals surface area contributed by atoms with Crippen molar-refractivity contribution >= 4 is 23.5 Å². The van der Waals surface area contributed by atoms with Crippen molar-refractivity contribution in [1.82, 2.24) is 9.78 Å². The number of nitrogens with one attached hydrogen (secondary N) is 1. The molecular formula is C26H27F3N4O4. The van der Waals surface area contributed by atoms with E-state index in [1.807, 2.05) is 12.1 Å². The van der Waals surface area contributed by atoms with Crippen LogP contribution in [0.3, 0.4) is 0 Å². The fourth-order valence-electron chi connectivity index (χ4n) is 4.61. The standard InChI is InChI=1S/C21H22N2O4.C5H5F3N2/c1-11-10-21(2,3)15-5-4-6-16(17(11)15)23-19(25)13-8-7-12(20(26)27)9-14(13)18(22)24;1-10-3-2-4(9-10)5(6,7)8/h4-9,11H,10H2,1-3H3,(H2,22,24)(H,23,25)(H,26,27);2-3H,1H3/t11-;/m0./s1. The zero-order valence-electron chi connectivity index (χ0n) is 20.7. The van der Waals surface area contributed by atoms with E-state index in [0.717, 1.165) is 28.8 Å². The number of alkyl halides is 3. The van der Waals surface area contributed by atoms with E-state index in [1.165, 1.54) is 30.9 Å². The number of aromatic carboxylic acids is 1. The van der Waals surface area contributed by atoms with E-state index in [2.05, 4.69) is 37.3 Å². The molecular weight excluding hydrogens is 489 g/mol. The second kappa shape index (κ2) is 10.1. The number of rotatable bonds is 4. The van der Waals surface area contributed by atoms with Crippen molar-refractivity contribution in [2.24, 2.45) is 12.8 Å². The van der Waals surface area contributed by atoms with Crippen molar-refractivity contribution in [2.75, 3.05) is 5.32 Å². The number of halogens is 3. The lowest BCUT2D eigenvalue weighted by molar-refractivity contribution is -0.141. The molecule has 1 aliphatic rings. The molecule has 11 heteroatoms. The monoisotopic (exact) mass is 516 g/mol. The summed E-state index contributed by atoms with van der Waals surface area (Å²) in [5.41, 5.74) is 7.35. The molecule has 196 valence electrons. The quantitative estimate of drug-likeness (QED) is 0.452. The van der Waals surface area contributed by atoms with Gasteiger partial charge in [-0.3, -0.25) is 14.3 Å². The maximum atomic E-state index is 12.8. The molecule has 0 radical (unpaired) electrons. The van der Waals surface area contributed by atoms with Crippen LogP contribution in [0.2, 0.25) is 0 Å². The molecule has 3 aromatic rings. The highest BCUT2D eigenvalue weighted by atomic mass is 19.4. The number of carbonyl (C=O) groups is 3. The van der Waals surface area contributed by atoms with Gasteiger partial charge >= 0.3 is 12.1 Å². The molecule has 0 saturated heterocycles. The number of primary amides is 1. The number of benzene rings is 2. The Bertz CT molecular complexity index is 1360. The lowest BCUT2D eigenvalue weighted by atomic mass is 9.86. The summed E-state index contributed by atoms with van der Waals surface area (Å²) in [5, 5.41) is 15.1. The van der Waals surface area contributed by atoms with Crippen LogP contribution in [0.25, 0.3) is 0 Å². The molecule has 0 spiro atoms. The van der Waals surface area contributed by atoms with E-state index in [4.69, 9.17) is 10.8 Å². The topological polar surface area (TPSA) is 127 Å². The molecule has 4 rings (SSSR count). The summed E-state index contributed by atoms with van der Waals surface area (Å²) in [4.78, 5) is 35.7. The summed E-state index contributed by atoms with van der Waals surface area (Å²) in [6, 6.07) is 10.5. The average molecular weight is 517 g/mol. The van der Waals surface area contributed by atoms with Crippen LogP contribution in [0, 0.1) is 0 Å². The van der Waals surface area contributed by atoms with Crippen LogP contribution in [-0.2, 0) is 18.6 Å². The summed E-state index contributed by atoms with van der Waals surface area (Å²) in [6.45, 7) is 6.48. The Kier molecular flexibility index (Phi) is 7.47. The summed E-state index contributed by atoms with van der Waals surface area (Å²) in [6.07, 6.45) is -2.08. The number of anilines is 1. The SMILES string of the molecule is C[C@H]1CC(C)(C)c2cccc(NC(=O)c3ccc(C(=O)O)cc3C(N)=O)c21.Cn1ccc(C(F)(F)F)n1. The van der Waals surface area contributed by atoms with E-state index in [0.29, 0.717) is 5.69 Å². The van der Waals surface area contributed by atoms with Crippen molar-refractivity contribution in [2.45, 2.75) is 44.7 Å². The number of carbonyl (C=O) groups excluding carboxylic acids is 2. The highest BCUT2D eigenvalue weighted by Crippen LogP contribution is 2.48. The van der Waals surface area contributed by atoms with Gasteiger partial charge in [-0.15, -0.1) is 0 Å². The number of carboxylic acid groups (broad SMARTS) is 1. The summed E-state index contributed by atoms with van der Waals surface area (Å²) < 4.78 is 36.3. The third-order valence-corrected chi connectivity index (χ3v) is 6.17. The maximum Gasteiger partial charge on any atom is 0.435 e. The molecule has 0 saturated carbocycles. The Morgan fingerprint density at radius 2 is 1.81 bits per heavy atom. The third kappa shape index (κ3) is 5.99. The molecule has 0 aliphatic heterocycles. The molecule has 4 N–H and O–H groups in total. The van der Waals surface area contributed by atoms with Gasteiger partial charge in [-0.1, -0.05) is 32.9 Å². The van der Waals surface area contributed by atoms with Crippen LogP contribution < -0.4 is 11.1 Å². The number of nitrogens with zero attached hydrogens (tertiary/aromatic N) is 2. The maximum absolute atomic E-state index is 12.8. The fourth-order valence-corrected chi connectivity index (χ4v) is 4.61. The van der Waals surface area contributed by atoms with Crippen molar-refractivity contribution in [3.05, 3.63) is 82.2 Å². The summed E-state index contributed by atoms with van der Waals surface area (Å²) in [5.74, 6) is -2.25. The van der Waals surface area contributed by atoms with Crippen molar-refractivity contribution < 1.29 is 32.7 Å². The van der Waals surface area contributed by atoms with Gasteiger partial charge in [0.25, 0.3) is 5.91 Å². The summed E-state index contributed by atoms with van der Waals surface area (Å²) >= 11 is 0. The summed E-state index contributed by atoms with van der Waals surface area (Å²) in [7, 11) is 1.44. The Labute approximate surface area is 211 Å². The Morgan fingerprint density at radius 3 is 2.32 bits per heavy atom. The van der Waals surface area contributed by atoms with Crippen LogP contribution in [0.4, 0.5) is 18.9 Å².